The molecule has 0 aromatic rings. The van der Waals surface area contributed by atoms with Crippen LogP contribution in [-0.2, 0) is 9.26 Å². The predicted octanol–water partition coefficient (Wildman–Crippen LogP) is 8.02. The van der Waals surface area contributed by atoms with Gasteiger partial charge in [0.1, 0.15) is 5.78 Å². The summed E-state index contributed by atoms with van der Waals surface area (Å²) >= 11 is 0. The van der Waals surface area contributed by atoms with E-state index in [0.29, 0.717) is 28.2 Å². The van der Waals surface area contributed by atoms with Crippen molar-refractivity contribution < 1.29 is 9.26 Å². The van der Waals surface area contributed by atoms with Gasteiger partial charge in [0.25, 0.3) is 8.68 Å². The van der Waals surface area contributed by atoms with Crippen LogP contribution >= 0.6 is 0 Å². The normalized spacial score (nSPS) is 39.5. The van der Waals surface area contributed by atoms with E-state index < -0.39 is 8.68 Å². The van der Waals surface area contributed by atoms with E-state index in [1.54, 1.807) is 5.57 Å². The molecule has 0 heterocycles. The molecule has 0 aromatic heterocycles. The molecule has 0 bridgehead atoms. The first-order valence-corrected chi connectivity index (χ1v) is 14.7. The molecule has 0 aliphatic heterocycles. The number of Topliss-reactive ketones (excluding diaryl/α,β-unsaturated/α-hetero) is 1. The van der Waals surface area contributed by atoms with Crippen molar-refractivity contribution in [3.8, 4) is 0 Å². The predicted molar refractivity (Wildman–Crippen MR) is 132 cm³/mol. The van der Waals surface area contributed by atoms with Gasteiger partial charge in [0.15, 0.2) is 0 Å². The standard InChI is InChI=1S/C22H34O.C6H14OSi/c1-14(2)15-9-11-21(3)16(13-15)5-6-17-18-7-8-20(23)22(18,4)12-10-19(17)21;1-5(2)8(7)6(3)4/h5,14-15,17-19H,6-13H2,1-4H3;5-6H,1-4H3/t15-,17-,18-,19-,21-,22-;/m0./s1. The molecule has 0 N–H and O–H groups in total. The van der Waals surface area contributed by atoms with Gasteiger partial charge in [0, 0.05) is 11.8 Å². The molecular weight excluding hydrogens is 396 g/mol. The Morgan fingerprint density at radius 2 is 1.48 bits per heavy atom. The second-order valence-corrected chi connectivity index (χ2v) is 15.8. The highest BCUT2D eigenvalue weighted by molar-refractivity contribution is 6.46. The average molecular weight is 445 g/mol. The number of ketones is 1. The number of carbonyl (C=O) groups excluding carboxylic acids is 1. The number of hydrogen-bond acceptors (Lipinski definition) is 2. The first-order chi connectivity index (χ1) is 14.4. The molecule has 0 saturated heterocycles. The van der Waals surface area contributed by atoms with E-state index in [1.807, 2.05) is 27.7 Å². The molecule has 176 valence electrons. The maximum Gasteiger partial charge on any atom is 0.281 e. The van der Waals surface area contributed by atoms with Crippen LogP contribution in [0.4, 0.5) is 0 Å². The number of hydrogen-bond donors (Lipinski definition) is 0. The smallest absolute Gasteiger partial charge is 0.281 e. The third-order valence-corrected chi connectivity index (χ3v) is 12.2. The van der Waals surface area contributed by atoms with E-state index >= 15 is 0 Å². The van der Waals surface area contributed by atoms with Gasteiger partial charge in [0.05, 0.1) is 0 Å². The molecule has 2 nitrogen and oxygen atoms in total. The van der Waals surface area contributed by atoms with E-state index in [0.717, 1.165) is 36.5 Å². The monoisotopic (exact) mass is 444 g/mol. The van der Waals surface area contributed by atoms with Gasteiger partial charge in [-0.15, -0.1) is 0 Å². The van der Waals surface area contributed by atoms with Gasteiger partial charge < -0.3 is 4.46 Å². The Morgan fingerprint density at radius 3 is 2.03 bits per heavy atom. The molecule has 3 fully saturated rings. The first-order valence-electron chi connectivity index (χ1n) is 13.2. The van der Waals surface area contributed by atoms with E-state index in [2.05, 4.69) is 33.8 Å². The fraction of sp³-hybridized carbons (Fsp3) is 0.893. The van der Waals surface area contributed by atoms with Gasteiger partial charge in [-0.3, -0.25) is 4.79 Å². The quantitative estimate of drug-likeness (QED) is 0.326. The van der Waals surface area contributed by atoms with Crippen molar-refractivity contribution in [2.24, 2.45) is 40.4 Å². The molecule has 4 aliphatic rings. The number of fused-ring (bicyclic) bond motifs is 5. The first kappa shape index (κ1) is 25.1. The van der Waals surface area contributed by atoms with Crippen LogP contribution in [0.15, 0.2) is 11.6 Å². The summed E-state index contributed by atoms with van der Waals surface area (Å²) in [5, 5.41) is 0. The fourth-order valence-electron chi connectivity index (χ4n) is 7.70. The van der Waals surface area contributed by atoms with Crippen molar-refractivity contribution in [2.45, 2.75) is 118 Å². The van der Waals surface area contributed by atoms with Crippen LogP contribution < -0.4 is 0 Å². The largest absolute Gasteiger partial charge is 0.388 e. The van der Waals surface area contributed by atoms with Crippen LogP contribution in [0.3, 0.4) is 0 Å². The Hall–Kier alpha value is -0.573. The Balaban J connectivity index is 0.000000293. The van der Waals surface area contributed by atoms with E-state index in [1.165, 1.54) is 38.5 Å². The van der Waals surface area contributed by atoms with Crippen LogP contribution in [0, 0.1) is 40.4 Å². The maximum atomic E-state index is 12.5. The zero-order valence-electron chi connectivity index (χ0n) is 21.6. The number of carbonyl (C=O) groups is 1. The molecule has 0 spiro atoms. The van der Waals surface area contributed by atoms with E-state index in [9.17, 15) is 9.26 Å². The molecular formula is C28H48O2Si. The van der Waals surface area contributed by atoms with Gasteiger partial charge in [-0.1, -0.05) is 67.0 Å². The SMILES string of the molecule is CC(C)[C@H]1CC[C@@]2(C)C(=CC[C@@H]3[C@@H]2CC[C@]2(C)C(=O)CC[C@@H]32)C1.CC(C)[Si](=O)C(C)C. The lowest BCUT2D eigenvalue weighted by Gasteiger charge is -2.57. The molecule has 3 heteroatoms. The molecule has 0 aromatic carbocycles. The Labute approximate surface area is 193 Å². The molecule has 6 atom stereocenters. The van der Waals surface area contributed by atoms with Crippen molar-refractivity contribution in [3.63, 3.8) is 0 Å². The summed E-state index contributed by atoms with van der Waals surface area (Å²) in [5.41, 5.74) is 3.04. The van der Waals surface area contributed by atoms with Crippen LogP contribution in [0.2, 0.25) is 11.1 Å². The van der Waals surface area contributed by atoms with Crippen molar-refractivity contribution in [1.29, 1.82) is 0 Å². The van der Waals surface area contributed by atoms with E-state index in [-0.39, 0.29) is 5.41 Å². The Bertz CT molecular complexity index is 711. The zero-order chi connectivity index (χ0) is 23.1. The van der Waals surface area contributed by atoms with Gasteiger partial charge in [-0.25, -0.2) is 0 Å². The lowest BCUT2D eigenvalue weighted by Crippen LogP contribution is -2.50. The van der Waals surface area contributed by atoms with Crippen molar-refractivity contribution in [3.05, 3.63) is 11.6 Å². The van der Waals surface area contributed by atoms with Crippen molar-refractivity contribution in [2.75, 3.05) is 0 Å². The Morgan fingerprint density at radius 1 is 0.903 bits per heavy atom. The van der Waals surface area contributed by atoms with Gasteiger partial charge >= 0.3 is 0 Å². The molecule has 0 amide bonds. The summed E-state index contributed by atoms with van der Waals surface area (Å²) in [6.45, 7) is 17.7. The minimum atomic E-state index is -1.27. The fourth-order valence-corrected chi connectivity index (χ4v) is 9.03. The maximum absolute atomic E-state index is 12.5. The average Bonchev–Trinajstić information content (AvgIpc) is 3.01. The minimum absolute atomic E-state index is 0.0258. The highest BCUT2D eigenvalue weighted by Crippen LogP contribution is 2.64. The highest BCUT2D eigenvalue weighted by Gasteiger charge is 2.58. The van der Waals surface area contributed by atoms with Gasteiger partial charge in [-0.05, 0) is 91.0 Å². The molecule has 3 saturated carbocycles. The van der Waals surface area contributed by atoms with Crippen LogP contribution in [0.25, 0.3) is 0 Å². The molecule has 31 heavy (non-hydrogen) atoms. The second kappa shape index (κ2) is 9.35. The molecule has 4 aliphatic carbocycles. The summed E-state index contributed by atoms with van der Waals surface area (Å²) < 4.78 is 11.0. The van der Waals surface area contributed by atoms with Gasteiger partial charge in [0.2, 0.25) is 0 Å². The van der Waals surface area contributed by atoms with Crippen molar-refractivity contribution in [1.82, 2.24) is 0 Å². The lowest BCUT2D eigenvalue weighted by atomic mass is 9.47. The Kier molecular flexibility index (Phi) is 7.56. The summed E-state index contributed by atoms with van der Waals surface area (Å²) in [4.78, 5) is 12.5. The highest BCUT2D eigenvalue weighted by atomic mass is 28.3. The number of allylic oxidation sites excluding steroid dienone is 2. The lowest BCUT2D eigenvalue weighted by molar-refractivity contribution is -0.131. The third kappa shape index (κ3) is 4.59. The molecule has 0 unspecified atom stereocenters. The summed E-state index contributed by atoms with van der Waals surface area (Å²) in [6, 6.07) is 0. The topological polar surface area (TPSA) is 34.1 Å². The van der Waals surface area contributed by atoms with E-state index in [4.69, 9.17) is 0 Å². The zero-order valence-corrected chi connectivity index (χ0v) is 22.6. The minimum Gasteiger partial charge on any atom is -0.388 e. The summed E-state index contributed by atoms with van der Waals surface area (Å²) in [6.07, 6.45) is 12.5. The van der Waals surface area contributed by atoms with Gasteiger partial charge in [-0.2, -0.15) is 0 Å². The molecule has 0 radical (unpaired) electrons. The summed E-state index contributed by atoms with van der Waals surface area (Å²) in [5.74, 6) is 4.59. The second-order valence-electron chi connectivity index (χ2n) is 12.6. The molecule has 4 rings (SSSR count). The van der Waals surface area contributed by atoms with Crippen molar-refractivity contribution >= 4 is 14.5 Å². The van der Waals surface area contributed by atoms with Crippen LogP contribution in [0.5, 0.6) is 0 Å². The summed E-state index contributed by atoms with van der Waals surface area (Å²) in [7, 11) is -1.27. The third-order valence-electron chi connectivity index (χ3n) is 9.93. The van der Waals surface area contributed by atoms with Crippen LogP contribution in [-0.4, -0.2) is 14.5 Å². The van der Waals surface area contributed by atoms with Crippen LogP contribution in [0.1, 0.15) is 107 Å². The number of rotatable bonds is 3.